The lowest BCUT2D eigenvalue weighted by molar-refractivity contribution is 0.449. The molecule has 0 unspecified atom stereocenters. The van der Waals surface area contributed by atoms with Crippen LogP contribution in [0.3, 0.4) is 0 Å². The van der Waals surface area contributed by atoms with Gasteiger partial charge >= 0.3 is 0 Å². The van der Waals surface area contributed by atoms with Crippen LogP contribution >= 0.6 is 0 Å². The minimum atomic E-state index is -1.48. The van der Waals surface area contributed by atoms with Gasteiger partial charge in [0.25, 0.3) is 0 Å². The Bertz CT molecular complexity index is 622. The third-order valence-corrected chi connectivity index (χ3v) is 2.96. The van der Waals surface area contributed by atoms with E-state index in [2.05, 4.69) is 10.3 Å². The molecule has 0 spiro atoms. The number of imidazole rings is 1. The van der Waals surface area contributed by atoms with Gasteiger partial charge < -0.3 is 14.8 Å². The summed E-state index contributed by atoms with van der Waals surface area (Å²) in [4.78, 5) is 6.04. The average molecular weight is 284 g/mol. The van der Waals surface area contributed by atoms with Crippen LogP contribution in [0.2, 0.25) is 0 Å². The molecule has 4 nitrogen and oxygen atoms in total. The van der Waals surface area contributed by atoms with Crippen molar-refractivity contribution in [2.75, 3.05) is 24.3 Å². The van der Waals surface area contributed by atoms with E-state index in [4.69, 9.17) is 0 Å². The molecule has 20 heavy (non-hydrogen) atoms. The third kappa shape index (κ3) is 2.56. The topological polar surface area (TPSA) is 33.1 Å². The van der Waals surface area contributed by atoms with Crippen LogP contribution in [0.4, 0.5) is 24.8 Å². The molecule has 0 bridgehead atoms. The van der Waals surface area contributed by atoms with Crippen molar-refractivity contribution in [2.45, 2.75) is 6.54 Å². The maximum absolute atomic E-state index is 13.5. The van der Waals surface area contributed by atoms with Crippen LogP contribution < -0.4 is 10.2 Å². The quantitative estimate of drug-likeness (QED) is 0.876. The highest BCUT2D eigenvalue weighted by molar-refractivity contribution is 5.46. The fourth-order valence-electron chi connectivity index (χ4n) is 1.86. The second kappa shape index (κ2) is 5.44. The molecule has 0 atom stereocenters. The molecule has 2 rings (SSSR count). The highest BCUT2D eigenvalue weighted by Gasteiger charge is 2.14. The van der Waals surface area contributed by atoms with Crippen molar-refractivity contribution in [1.82, 2.24) is 9.55 Å². The van der Waals surface area contributed by atoms with Crippen LogP contribution in [0.25, 0.3) is 0 Å². The van der Waals surface area contributed by atoms with Gasteiger partial charge in [0.1, 0.15) is 0 Å². The van der Waals surface area contributed by atoms with Crippen LogP contribution in [0.1, 0.15) is 5.69 Å². The average Bonchev–Trinajstić information content (AvgIpc) is 2.77. The standard InChI is InChI=1S/C13H15F3N4/c1-19(2)13-18-7-8(20(13)3)6-17-10-5-4-9(14)11(15)12(10)16/h4-5,7,17H,6H2,1-3H3. The highest BCUT2D eigenvalue weighted by Crippen LogP contribution is 2.20. The highest BCUT2D eigenvalue weighted by atomic mass is 19.2. The SMILES string of the molecule is CN(C)c1ncc(CNc2ccc(F)c(F)c2F)n1C. The van der Waals surface area contributed by atoms with Gasteiger partial charge in [-0.2, -0.15) is 0 Å². The number of anilines is 2. The van der Waals surface area contributed by atoms with Crippen molar-refractivity contribution < 1.29 is 13.2 Å². The van der Waals surface area contributed by atoms with Crippen molar-refractivity contribution in [1.29, 1.82) is 0 Å². The number of halogens is 3. The number of benzene rings is 1. The first-order valence-corrected chi connectivity index (χ1v) is 5.97. The van der Waals surface area contributed by atoms with E-state index in [1.54, 1.807) is 6.20 Å². The Morgan fingerprint density at radius 2 is 1.90 bits per heavy atom. The number of hydrogen-bond acceptors (Lipinski definition) is 3. The van der Waals surface area contributed by atoms with E-state index in [1.807, 2.05) is 30.6 Å². The van der Waals surface area contributed by atoms with Crippen molar-refractivity contribution in [3.8, 4) is 0 Å². The van der Waals surface area contributed by atoms with E-state index in [0.717, 1.165) is 23.8 Å². The lowest BCUT2D eigenvalue weighted by Gasteiger charge is -2.13. The molecule has 7 heteroatoms. The molecule has 0 radical (unpaired) electrons. The Hall–Kier alpha value is -2.18. The van der Waals surface area contributed by atoms with Crippen molar-refractivity contribution in [3.05, 3.63) is 41.5 Å². The van der Waals surface area contributed by atoms with Crippen molar-refractivity contribution >= 4 is 11.6 Å². The summed E-state index contributed by atoms with van der Waals surface area (Å²) < 4.78 is 41.2. The predicted octanol–water partition coefficient (Wildman–Crippen LogP) is 2.52. The second-order valence-corrected chi connectivity index (χ2v) is 4.58. The zero-order valence-electron chi connectivity index (χ0n) is 11.4. The summed E-state index contributed by atoms with van der Waals surface area (Å²) in [5.74, 6) is -3.16. The molecular formula is C13H15F3N4. The van der Waals surface area contributed by atoms with Gasteiger partial charge in [-0.3, -0.25) is 0 Å². The molecular weight excluding hydrogens is 269 g/mol. The first kappa shape index (κ1) is 14.2. The normalized spacial score (nSPS) is 10.7. The molecule has 0 amide bonds. The Morgan fingerprint density at radius 1 is 1.20 bits per heavy atom. The lowest BCUT2D eigenvalue weighted by Crippen LogP contribution is -2.15. The van der Waals surface area contributed by atoms with Gasteiger partial charge in [-0.15, -0.1) is 0 Å². The largest absolute Gasteiger partial charge is 0.377 e. The van der Waals surface area contributed by atoms with E-state index in [-0.39, 0.29) is 12.2 Å². The molecule has 1 heterocycles. The molecule has 2 aromatic rings. The van der Waals surface area contributed by atoms with Crippen molar-refractivity contribution in [3.63, 3.8) is 0 Å². The molecule has 0 fully saturated rings. The van der Waals surface area contributed by atoms with E-state index < -0.39 is 17.5 Å². The number of nitrogens with one attached hydrogen (secondary N) is 1. The fraction of sp³-hybridized carbons (Fsp3) is 0.308. The fourth-order valence-corrected chi connectivity index (χ4v) is 1.86. The van der Waals surface area contributed by atoms with E-state index in [9.17, 15) is 13.2 Å². The minimum Gasteiger partial charge on any atom is -0.377 e. The predicted molar refractivity (Wildman–Crippen MR) is 71.2 cm³/mol. The van der Waals surface area contributed by atoms with Crippen LogP contribution in [0.15, 0.2) is 18.3 Å². The summed E-state index contributed by atoms with van der Waals surface area (Å²) in [5, 5.41) is 2.73. The molecule has 0 saturated carbocycles. The molecule has 1 aromatic carbocycles. The monoisotopic (exact) mass is 284 g/mol. The third-order valence-electron chi connectivity index (χ3n) is 2.96. The van der Waals surface area contributed by atoms with Gasteiger partial charge in [-0.1, -0.05) is 0 Å². The number of rotatable bonds is 4. The first-order valence-electron chi connectivity index (χ1n) is 5.97. The van der Waals surface area contributed by atoms with Gasteiger partial charge in [0, 0.05) is 21.1 Å². The van der Waals surface area contributed by atoms with E-state index >= 15 is 0 Å². The minimum absolute atomic E-state index is 0.0866. The first-order chi connectivity index (χ1) is 9.41. The van der Waals surface area contributed by atoms with Gasteiger partial charge in [-0.25, -0.2) is 18.2 Å². The molecule has 108 valence electrons. The maximum Gasteiger partial charge on any atom is 0.204 e. The van der Waals surface area contributed by atoms with Crippen LogP contribution in [0, 0.1) is 17.5 Å². The van der Waals surface area contributed by atoms with Crippen LogP contribution in [-0.4, -0.2) is 23.6 Å². The maximum atomic E-state index is 13.5. The van der Waals surface area contributed by atoms with Gasteiger partial charge in [0.2, 0.25) is 5.95 Å². The summed E-state index contributed by atoms with van der Waals surface area (Å²) in [6, 6.07) is 2.05. The van der Waals surface area contributed by atoms with E-state index in [0.29, 0.717) is 0 Å². The van der Waals surface area contributed by atoms with E-state index in [1.165, 1.54) is 0 Å². The summed E-state index contributed by atoms with van der Waals surface area (Å²) in [5.41, 5.74) is 0.703. The summed E-state index contributed by atoms with van der Waals surface area (Å²) in [6.07, 6.45) is 1.64. The van der Waals surface area contributed by atoms with Gasteiger partial charge in [0.05, 0.1) is 24.1 Å². The molecule has 1 aromatic heterocycles. The number of hydrogen-bond donors (Lipinski definition) is 1. The summed E-state index contributed by atoms with van der Waals surface area (Å²) in [7, 11) is 5.53. The zero-order valence-corrected chi connectivity index (χ0v) is 11.4. The molecule has 0 aliphatic heterocycles. The second-order valence-electron chi connectivity index (χ2n) is 4.58. The molecule has 1 N–H and O–H groups in total. The summed E-state index contributed by atoms with van der Waals surface area (Å²) in [6.45, 7) is 0.249. The molecule has 0 aliphatic carbocycles. The van der Waals surface area contributed by atoms with Gasteiger partial charge in [-0.05, 0) is 12.1 Å². The Balaban J connectivity index is 2.15. The molecule has 0 saturated heterocycles. The van der Waals surface area contributed by atoms with Crippen LogP contribution in [0.5, 0.6) is 0 Å². The zero-order chi connectivity index (χ0) is 14.9. The summed E-state index contributed by atoms with van der Waals surface area (Å²) >= 11 is 0. The number of nitrogens with zero attached hydrogens (tertiary/aromatic N) is 3. The van der Waals surface area contributed by atoms with Crippen LogP contribution in [-0.2, 0) is 13.6 Å². The Morgan fingerprint density at radius 3 is 2.50 bits per heavy atom. The van der Waals surface area contributed by atoms with Gasteiger partial charge in [0.15, 0.2) is 17.5 Å². The molecule has 0 aliphatic rings. The smallest absolute Gasteiger partial charge is 0.204 e. The Kier molecular flexibility index (Phi) is 3.87. The van der Waals surface area contributed by atoms with Crippen molar-refractivity contribution in [2.24, 2.45) is 7.05 Å². The number of aromatic nitrogens is 2. The lowest BCUT2D eigenvalue weighted by atomic mass is 10.2. The Labute approximate surface area is 114 Å².